The second-order valence-electron chi connectivity index (χ2n) is 12.6. The molecular formula is C29H39NO4. The third-order valence-electron chi connectivity index (χ3n) is 11.3. The van der Waals surface area contributed by atoms with Crippen LogP contribution in [-0.2, 0) is 14.3 Å². The van der Waals surface area contributed by atoms with Crippen molar-refractivity contribution >= 4 is 5.78 Å². The third-order valence-corrected chi connectivity index (χ3v) is 11.3. The van der Waals surface area contributed by atoms with Gasteiger partial charge in [0.1, 0.15) is 6.07 Å². The molecule has 0 aromatic heterocycles. The Morgan fingerprint density at radius 3 is 2.82 bits per heavy atom. The van der Waals surface area contributed by atoms with E-state index >= 15 is 0 Å². The highest BCUT2D eigenvalue weighted by molar-refractivity contribution is 5.92. The van der Waals surface area contributed by atoms with Gasteiger partial charge < -0.3 is 14.6 Å². The van der Waals surface area contributed by atoms with Gasteiger partial charge in [0.15, 0.2) is 17.8 Å². The summed E-state index contributed by atoms with van der Waals surface area (Å²) in [6.07, 6.45) is 10.1. The highest BCUT2D eigenvalue weighted by Crippen LogP contribution is 2.81. The van der Waals surface area contributed by atoms with E-state index in [-0.39, 0.29) is 16.6 Å². The van der Waals surface area contributed by atoms with Gasteiger partial charge in [0, 0.05) is 18.4 Å². The Labute approximate surface area is 203 Å². The first-order valence-electron chi connectivity index (χ1n) is 13.5. The van der Waals surface area contributed by atoms with Crippen LogP contribution >= 0.6 is 0 Å². The van der Waals surface area contributed by atoms with Crippen molar-refractivity contribution in [2.45, 2.75) is 84.5 Å². The molecule has 11 unspecified atom stereocenters. The molecule has 0 amide bonds. The Morgan fingerprint density at radius 2 is 2.09 bits per heavy atom. The molecule has 0 heterocycles. The summed E-state index contributed by atoms with van der Waals surface area (Å²) in [7, 11) is 0. The maximum Gasteiger partial charge on any atom is 0.197 e. The lowest BCUT2D eigenvalue weighted by Crippen LogP contribution is -2.57. The molecule has 0 aromatic rings. The molecule has 34 heavy (non-hydrogen) atoms. The topological polar surface area (TPSA) is 79.6 Å². The quantitative estimate of drug-likeness (QED) is 0.333. The lowest BCUT2D eigenvalue weighted by Gasteiger charge is -2.60. The molecule has 5 nitrogen and oxygen atoms in total. The van der Waals surface area contributed by atoms with Gasteiger partial charge in [-0.25, -0.2) is 0 Å². The Balaban J connectivity index is 1.28. The largest absolute Gasteiger partial charge is 0.455 e. The molecule has 1 N–H and O–H groups in total. The van der Waals surface area contributed by atoms with Crippen LogP contribution in [0.3, 0.4) is 0 Å². The van der Waals surface area contributed by atoms with Crippen molar-refractivity contribution in [3.05, 3.63) is 23.5 Å². The highest BCUT2D eigenvalue weighted by Gasteiger charge is 2.78. The minimum atomic E-state index is -0.780. The summed E-state index contributed by atoms with van der Waals surface area (Å²) in [5.41, 5.74) is 0.734. The standard InChI is InChI=1S/C29H39NO4/c1-5-33-16(2)34-18(15-30)7-11-29(32)24-14-21(24)26-25-20-13-19(20)23-12-17(31)6-9-27(23,3)22(25)8-10-28(26,29)4/h7,12,16,19-22,24-26,32H,5-6,8-11,13-14H2,1-4H3. The normalized spacial score (nSPS) is 51.1. The Kier molecular flexibility index (Phi) is 4.98. The average molecular weight is 466 g/mol. The smallest absolute Gasteiger partial charge is 0.197 e. The van der Waals surface area contributed by atoms with E-state index in [0.29, 0.717) is 66.7 Å². The lowest BCUT2D eigenvalue weighted by atomic mass is 9.45. The van der Waals surface area contributed by atoms with Crippen LogP contribution in [0.2, 0.25) is 0 Å². The number of ketones is 1. The minimum Gasteiger partial charge on any atom is -0.455 e. The van der Waals surface area contributed by atoms with Crippen LogP contribution in [0.25, 0.3) is 0 Å². The molecule has 0 saturated heterocycles. The van der Waals surface area contributed by atoms with Crippen molar-refractivity contribution in [1.29, 1.82) is 5.26 Å². The number of carbonyl (C=O) groups excluding carboxylic acids is 1. The van der Waals surface area contributed by atoms with Gasteiger partial charge in [0.25, 0.3) is 0 Å². The van der Waals surface area contributed by atoms with Gasteiger partial charge in [-0.2, -0.15) is 5.26 Å². The van der Waals surface area contributed by atoms with E-state index in [1.165, 1.54) is 12.0 Å². The summed E-state index contributed by atoms with van der Waals surface area (Å²) in [6.45, 7) is 9.03. The van der Waals surface area contributed by atoms with Crippen molar-refractivity contribution in [2.24, 2.45) is 52.3 Å². The van der Waals surface area contributed by atoms with E-state index in [0.717, 1.165) is 25.7 Å². The van der Waals surface area contributed by atoms with Crippen LogP contribution < -0.4 is 0 Å². The maximum absolute atomic E-state index is 12.3. The van der Waals surface area contributed by atoms with Gasteiger partial charge in [-0.05, 0) is 111 Å². The van der Waals surface area contributed by atoms with Crippen molar-refractivity contribution in [1.82, 2.24) is 0 Å². The van der Waals surface area contributed by atoms with Crippen molar-refractivity contribution in [3.8, 4) is 6.07 Å². The molecule has 6 aliphatic rings. The predicted molar refractivity (Wildman–Crippen MR) is 127 cm³/mol. The molecule has 0 bridgehead atoms. The number of allylic oxidation sites excluding steroid dienone is 2. The Morgan fingerprint density at radius 1 is 1.29 bits per heavy atom. The van der Waals surface area contributed by atoms with E-state index < -0.39 is 11.9 Å². The number of fused-ring (bicyclic) bond motifs is 10. The van der Waals surface area contributed by atoms with Gasteiger partial charge >= 0.3 is 0 Å². The van der Waals surface area contributed by atoms with E-state index in [2.05, 4.69) is 19.9 Å². The van der Waals surface area contributed by atoms with Crippen LogP contribution in [0.1, 0.15) is 72.6 Å². The molecule has 6 aliphatic carbocycles. The van der Waals surface area contributed by atoms with Crippen LogP contribution in [-0.4, -0.2) is 29.4 Å². The van der Waals surface area contributed by atoms with Crippen LogP contribution in [0.4, 0.5) is 0 Å². The number of aliphatic hydroxyl groups is 1. The zero-order valence-electron chi connectivity index (χ0n) is 21.0. The first-order valence-corrected chi connectivity index (χ1v) is 13.5. The second-order valence-corrected chi connectivity index (χ2v) is 12.6. The molecule has 5 heteroatoms. The molecule has 11 atom stereocenters. The fourth-order valence-electron chi connectivity index (χ4n) is 9.71. The van der Waals surface area contributed by atoms with E-state index in [4.69, 9.17) is 9.47 Å². The first kappa shape index (κ1) is 22.8. The van der Waals surface area contributed by atoms with E-state index in [1.807, 2.05) is 19.1 Å². The van der Waals surface area contributed by atoms with Gasteiger partial charge in [-0.15, -0.1) is 0 Å². The van der Waals surface area contributed by atoms with Gasteiger partial charge in [0.05, 0.1) is 5.60 Å². The zero-order valence-corrected chi connectivity index (χ0v) is 21.0. The second kappa shape index (κ2) is 7.43. The summed E-state index contributed by atoms with van der Waals surface area (Å²) >= 11 is 0. The zero-order chi connectivity index (χ0) is 24.0. The first-order chi connectivity index (χ1) is 16.2. The van der Waals surface area contributed by atoms with E-state index in [1.54, 1.807) is 6.92 Å². The van der Waals surface area contributed by atoms with Crippen LogP contribution in [0, 0.1) is 63.6 Å². The van der Waals surface area contributed by atoms with Crippen LogP contribution in [0.5, 0.6) is 0 Å². The summed E-state index contributed by atoms with van der Waals surface area (Å²) < 4.78 is 11.1. The number of rotatable bonds is 6. The van der Waals surface area contributed by atoms with Crippen molar-refractivity contribution in [3.63, 3.8) is 0 Å². The number of hydrogen-bond acceptors (Lipinski definition) is 5. The molecule has 0 spiro atoms. The monoisotopic (exact) mass is 465 g/mol. The predicted octanol–water partition coefficient (Wildman–Crippen LogP) is 5.16. The molecule has 6 rings (SSSR count). The van der Waals surface area contributed by atoms with Gasteiger partial charge in [-0.3, -0.25) is 4.79 Å². The molecular weight excluding hydrogens is 426 g/mol. The average Bonchev–Trinajstić information content (AvgIpc) is 3.71. The number of nitriles is 1. The molecule has 0 aliphatic heterocycles. The summed E-state index contributed by atoms with van der Waals surface area (Å²) in [6, 6.07) is 2.16. The van der Waals surface area contributed by atoms with E-state index in [9.17, 15) is 15.2 Å². The lowest BCUT2D eigenvalue weighted by molar-refractivity contribution is -0.149. The van der Waals surface area contributed by atoms with Gasteiger partial charge in [-0.1, -0.05) is 19.4 Å². The Hall–Kier alpha value is -1.64. The van der Waals surface area contributed by atoms with Crippen LogP contribution in [0.15, 0.2) is 23.5 Å². The summed E-state index contributed by atoms with van der Waals surface area (Å²) in [4.78, 5) is 12.3. The maximum atomic E-state index is 12.3. The highest BCUT2D eigenvalue weighted by atomic mass is 16.7. The third kappa shape index (κ3) is 2.94. The van der Waals surface area contributed by atoms with Crippen molar-refractivity contribution < 1.29 is 19.4 Å². The SMILES string of the molecule is CCOC(C)OC(C#N)=CCC1(O)C2CC2C2C3C4CC4C4=CC(=O)CCC4(C)C3CCC21C. The minimum absolute atomic E-state index is 0.125. The molecule has 0 aromatic carbocycles. The molecule has 0 radical (unpaired) electrons. The number of hydrogen-bond donors (Lipinski definition) is 1. The summed E-state index contributed by atoms with van der Waals surface area (Å²) in [5.74, 6) is 4.66. The van der Waals surface area contributed by atoms with Crippen molar-refractivity contribution in [2.75, 3.05) is 6.61 Å². The number of ether oxygens (including phenoxy) is 2. The number of carbonyl (C=O) groups is 1. The van der Waals surface area contributed by atoms with Gasteiger partial charge in [0.2, 0.25) is 0 Å². The fourth-order valence-corrected chi connectivity index (χ4v) is 9.71. The number of nitrogens with zero attached hydrogens (tertiary/aromatic N) is 1. The molecule has 184 valence electrons. The Bertz CT molecular complexity index is 1010. The molecule has 5 fully saturated rings. The fraction of sp³-hybridized carbons (Fsp3) is 0.793. The molecule has 5 saturated carbocycles. The summed E-state index contributed by atoms with van der Waals surface area (Å²) in [5, 5.41) is 21.9.